The van der Waals surface area contributed by atoms with Gasteiger partial charge in [0.15, 0.2) is 0 Å². The molecule has 7 heteroatoms. The number of carbonyl (C=O) groups is 3. The molecule has 0 saturated carbocycles. The molecule has 1 fully saturated rings. The summed E-state index contributed by atoms with van der Waals surface area (Å²) >= 11 is 0. The van der Waals surface area contributed by atoms with Crippen molar-refractivity contribution in [2.24, 2.45) is 5.92 Å². The summed E-state index contributed by atoms with van der Waals surface area (Å²) in [6.07, 6.45) is -0.261. The number of rotatable bonds is 5. The minimum Gasteiger partial charge on any atom is -0.453 e. The molecule has 2 N–H and O–H groups in total. The van der Waals surface area contributed by atoms with Crippen molar-refractivity contribution in [2.75, 3.05) is 19.0 Å². The average Bonchev–Trinajstić information content (AvgIpc) is 2.96. The molecule has 1 saturated heterocycles. The molecule has 1 aromatic carbocycles. The fourth-order valence-corrected chi connectivity index (χ4v) is 2.61. The fourth-order valence-electron chi connectivity index (χ4n) is 2.61. The van der Waals surface area contributed by atoms with E-state index in [2.05, 4.69) is 15.4 Å². The number of hydrogen-bond donors (Lipinski definition) is 2. The number of anilines is 1. The van der Waals surface area contributed by atoms with Gasteiger partial charge in [-0.25, -0.2) is 4.79 Å². The normalized spacial score (nSPS) is 17.1. The van der Waals surface area contributed by atoms with E-state index in [9.17, 15) is 14.4 Å². The molecule has 0 aliphatic carbocycles. The van der Waals surface area contributed by atoms with E-state index < -0.39 is 6.09 Å². The Morgan fingerprint density at radius 2 is 1.96 bits per heavy atom. The summed E-state index contributed by atoms with van der Waals surface area (Å²) in [5, 5.41) is 5.42. The Morgan fingerprint density at radius 1 is 1.29 bits per heavy atom. The summed E-state index contributed by atoms with van der Waals surface area (Å²) in [7, 11) is 1.30. The van der Waals surface area contributed by atoms with Crippen molar-refractivity contribution >= 4 is 23.6 Å². The number of nitrogens with zero attached hydrogens (tertiary/aromatic N) is 1. The van der Waals surface area contributed by atoms with Gasteiger partial charge in [0.1, 0.15) is 0 Å². The van der Waals surface area contributed by atoms with Gasteiger partial charge >= 0.3 is 6.09 Å². The maximum Gasteiger partial charge on any atom is 0.411 e. The monoisotopic (exact) mass is 333 g/mol. The number of ether oxygens (including phenoxy) is 1. The molecule has 1 atom stereocenters. The number of amides is 3. The molecule has 0 aromatic heterocycles. The van der Waals surface area contributed by atoms with Crippen LogP contribution in [0.1, 0.15) is 25.8 Å². The van der Waals surface area contributed by atoms with Crippen LogP contribution in [0.2, 0.25) is 0 Å². The van der Waals surface area contributed by atoms with Crippen molar-refractivity contribution in [1.82, 2.24) is 10.2 Å². The van der Waals surface area contributed by atoms with Crippen molar-refractivity contribution < 1.29 is 19.1 Å². The molecule has 0 radical (unpaired) electrons. The molecule has 7 nitrogen and oxygen atoms in total. The lowest BCUT2D eigenvalue weighted by atomic mass is 10.1. The minimum atomic E-state index is -0.531. The van der Waals surface area contributed by atoms with Crippen LogP contribution in [-0.4, -0.2) is 42.5 Å². The summed E-state index contributed by atoms with van der Waals surface area (Å²) in [6, 6.07) is 7.21. The number of benzene rings is 1. The van der Waals surface area contributed by atoms with Gasteiger partial charge in [0.25, 0.3) is 0 Å². The van der Waals surface area contributed by atoms with E-state index in [0.29, 0.717) is 18.8 Å². The summed E-state index contributed by atoms with van der Waals surface area (Å²) in [4.78, 5) is 36.9. The second-order valence-corrected chi connectivity index (χ2v) is 6.07. The predicted molar refractivity (Wildman–Crippen MR) is 89.3 cm³/mol. The average molecular weight is 333 g/mol. The molecule has 0 spiro atoms. The standard InChI is InChI=1S/C17H23N3O4/c1-11(2)20-10-13(8-15(20)21)16(22)18-9-12-4-6-14(7-5-12)19-17(23)24-3/h4-7,11,13H,8-10H2,1-3H3,(H,18,22)(H,19,23)/t13-/m0/s1. The molecular formula is C17H23N3O4. The van der Waals surface area contributed by atoms with Crippen LogP contribution >= 0.6 is 0 Å². The van der Waals surface area contributed by atoms with Crippen LogP contribution in [0.25, 0.3) is 0 Å². The highest BCUT2D eigenvalue weighted by Crippen LogP contribution is 2.20. The van der Waals surface area contributed by atoms with Crippen molar-refractivity contribution in [2.45, 2.75) is 32.9 Å². The van der Waals surface area contributed by atoms with E-state index in [1.165, 1.54) is 7.11 Å². The highest BCUT2D eigenvalue weighted by molar-refractivity contribution is 5.89. The summed E-state index contributed by atoms with van der Waals surface area (Å²) in [5.74, 6) is -0.369. The number of hydrogen-bond acceptors (Lipinski definition) is 4. The lowest BCUT2D eigenvalue weighted by Gasteiger charge is -2.20. The predicted octanol–water partition coefficient (Wildman–Crippen LogP) is 1.74. The second-order valence-electron chi connectivity index (χ2n) is 6.07. The van der Waals surface area contributed by atoms with E-state index in [-0.39, 0.29) is 30.2 Å². The zero-order valence-corrected chi connectivity index (χ0v) is 14.2. The molecule has 1 aliphatic rings. The second kappa shape index (κ2) is 7.81. The number of methoxy groups -OCH3 is 1. The maximum absolute atomic E-state index is 12.2. The van der Waals surface area contributed by atoms with E-state index in [0.717, 1.165) is 5.56 Å². The van der Waals surface area contributed by atoms with Gasteiger partial charge in [0, 0.05) is 31.2 Å². The Balaban J connectivity index is 1.84. The SMILES string of the molecule is COC(=O)Nc1ccc(CNC(=O)[C@H]2CC(=O)N(C(C)C)C2)cc1. The lowest BCUT2D eigenvalue weighted by Crippen LogP contribution is -2.35. The molecule has 0 unspecified atom stereocenters. The molecule has 24 heavy (non-hydrogen) atoms. The molecule has 3 amide bonds. The Kier molecular flexibility index (Phi) is 5.78. The van der Waals surface area contributed by atoms with Crippen LogP contribution in [0.4, 0.5) is 10.5 Å². The molecule has 1 heterocycles. The van der Waals surface area contributed by atoms with Crippen LogP contribution in [-0.2, 0) is 20.9 Å². The van der Waals surface area contributed by atoms with Gasteiger partial charge in [-0.05, 0) is 31.5 Å². The quantitative estimate of drug-likeness (QED) is 0.859. The Hall–Kier alpha value is -2.57. The van der Waals surface area contributed by atoms with Gasteiger partial charge < -0.3 is 15.0 Å². The largest absolute Gasteiger partial charge is 0.453 e. The van der Waals surface area contributed by atoms with Crippen LogP contribution in [0.15, 0.2) is 24.3 Å². The van der Waals surface area contributed by atoms with E-state index >= 15 is 0 Å². The van der Waals surface area contributed by atoms with Crippen molar-refractivity contribution in [3.63, 3.8) is 0 Å². The third kappa shape index (κ3) is 4.47. The number of nitrogens with one attached hydrogen (secondary N) is 2. The van der Waals surface area contributed by atoms with Gasteiger partial charge in [0.2, 0.25) is 11.8 Å². The molecular weight excluding hydrogens is 310 g/mol. The first-order valence-corrected chi connectivity index (χ1v) is 7.91. The van der Waals surface area contributed by atoms with Crippen LogP contribution in [0, 0.1) is 5.92 Å². The third-order valence-electron chi connectivity index (χ3n) is 4.01. The van der Waals surface area contributed by atoms with Gasteiger partial charge in [-0.2, -0.15) is 0 Å². The van der Waals surface area contributed by atoms with Crippen molar-refractivity contribution in [1.29, 1.82) is 0 Å². The first kappa shape index (κ1) is 17.8. The summed E-state index contributed by atoms with van der Waals surface area (Å²) in [5.41, 5.74) is 1.52. The van der Waals surface area contributed by atoms with Crippen LogP contribution < -0.4 is 10.6 Å². The summed E-state index contributed by atoms with van der Waals surface area (Å²) < 4.78 is 4.52. The zero-order chi connectivity index (χ0) is 17.7. The molecule has 0 bridgehead atoms. The van der Waals surface area contributed by atoms with Gasteiger partial charge in [-0.3, -0.25) is 14.9 Å². The first-order valence-electron chi connectivity index (χ1n) is 7.91. The zero-order valence-electron chi connectivity index (χ0n) is 14.2. The molecule has 1 aliphatic heterocycles. The maximum atomic E-state index is 12.2. The summed E-state index contributed by atoms with van der Waals surface area (Å²) in [6.45, 7) is 4.75. The fraction of sp³-hybridized carbons (Fsp3) is 0.471. The first-order chi connectivity index (χ1) is 11.4. The highest BCUT2D eigenvalue weighted by atomic mass is 16.5. The number of likely N-dealkylation sites (tertiary alicyclic amines) is 1. The molecule has 130 valence electrons. The smallest absolute Gasteiger partial charge is 0.411 e. The van der Waals surface area contributed by atoms with Gasteiger partial charge in [-0.15, -0.1) is 0 Å². The van der Waals surface area contributed by atoms with E-state index in [1.54, 1.807) is 17.0 Å². The minimum absolute atomic E-state index is 0.0309. The number of carbonyl (C=O) groups excluding carboxylic acids is 3. The molecule has 1 aromatic rings. The van der Waals surface area contributed by atoms with Crippen molar-refractivity contribution in [3.8, 4) is 0 Å². The Bertz CT molecular complexity index is 613. The Labute approximate surface area is 141 Å². The van der Waals surface area contributed by atoms with Crippen molar-refractivity contribution in [3.05, 3.63) is 29.8 Å². The lowest BCUT2D eigenvalue weighted by molar-refractivity contribution is -0.130. The van der Waals surface area contributed by atoms with Gasteiger partial charge in [0.05, 0.1) is 13.0 Å². The third-order valence-corrected chi connectivity index (χ3v) is 4.01. The van der Waals surface area contributed by atoms with Gasteiger partial charge in [-0.1, -0.05) is 12.1 Å². The van der Waals surface area contributed by atoms with Crippen LogP contribution in [0.3, 0.4) is 0 Å². The van der Waals surface area contributed by atoms with E-state index in [1.807, 2.05) is 26.0 Å². The highest BCUT2D eigenvalue weighted by Gasteiger charge is 2.35. The topological polar surface area (TPSA) is 87.7 Å². The van der Waals surface area contributed by atoms with E-state index in [4.69, 9.17) is 0 Å². The van der Waals surface area contributed by atoms with Crippen LogP contribution in [0.5, 0.6) is 0 Å². The molecule has 2 rings (SSSR count). The Morgan fingerprint density at radius 3 is 2.50 bits per heavy atom.